The molecule has 0 bridgehead atoms. The number of esters is 1. The zero-order valence-corrected chi connectivity index (χ0v) is 22.1. The third kappa shape index (κ3) is 5.08. The Morgan fingerprint density at radius 2 is 1.73 bits per heavy atom. The van der Waals surface area contributed by atoms with Crippen LogP contribution in [0.2, 0.25) is 0 Å². The van der Waals surface area contributed by atoms with Gasteiger partial charge in [-0.1, -0.05) is 38.1 Å². The van der Waals surface area contributed by atoms with Crippen LogP contribution in [0.25, 0.3) is 0 Å². The van der Waals surface area contributed by atoms with Crippen LogP contribution >= 0.6 is 11.3 Å². The summed E-state index contributed by atoms with van der Waals surface area (Å²) < 4.78 is 16.0. The number of ether oxygens (including phenoxy) is 3. The molecule has 1 N–H and O–H groups in total. The molecule has 0 atom stereocenters. The molecular weight excluding hydrogens is 492 g/mol. The van der Waals surface area contributed by atoms with Crippen LogP contribution in [0.4, 0.5) is 11.4 Å². The molecule has 2 heterocycles. The number of hydrogen-bond acceptors (Lipinski definition) is 8. The van der Waals surface area contributed by atoms with Crippen molar-refractivity contribution in [1.82, 2.24) is 0 Å². The highest BCUT2D eigenvalue weighted by Crippen LogP contribution is 2.46. The molecule has 37 heavy (non-hydrogen) atoms. The second-order valence-electron chi connectivity index (χ2n) is 8.96. The fourth-order valence-electron chi connectivity index (χ4n) is 4.41. The number of para-hydroxylation sites is 1. The third-order valence-corrected chi connectivity index (χ3v) is 7.19. The highest BCUT2D eigenvalue weighted by Gasteiger charge is 2.38. The van der Waals surface area contributed by atoms with Gasteiger partial charge in [-0.05, 0) is 23.1 Å². The first-order valence-corrected chi connectivity index (χ1v) is 12.4. The van der Waals surface area contributed by atoms with Gasteiger partial charge in [0.05, 0.1) is 30.3 Å². The maximum absolute atomic E-state index is 13.1. The van der Waals surface area contributed by atoms with Gasteiger partial charge >= 0.3 is 5.97 Å². The largest absolute Gasteiger partial charge is 0.493 e. The Kier molecular flexibility index (Phi) is 7.35. The number of anilines is 2. The van der Waals surface area contributed by atoms with Crippen LogP contribution in [-0.2, 0) is 14.9 Å². The van der Waals surface area contributed by atoms with Crippen LogP contribution in [-0.4, -0.2) is 45.5 Å². The summed E-state index contributed by atoms with van der Waals surface area (Å²) in [6.45, 7) is 3.63. The molecule has 4 rings (SSSR count). The average molecular weight is 521 g/mol. The maximum Gasteiger partial charge on any atom is 0.340 e. The Morgan fingerprint density at radius 3 is 2.38 bits per heavy atom. The zero-order valence-electron chi connectivity index (χ0n) is 21.3. The van der Waals surface area contributed by atoms with E-state index in [-0.39, 0.29) is 34.1 Å². The number of nitrogens with one attached hydrogen (secondary N) is 1. The number of benzene rings is 2. The molecule has 1 aliphatic rings. The molecule has 2 aromatic carbocycles. The molecule has 1 aromatic heterocycles. The molecule has 1 aliphatic heterocycles. The Balaban J connectivity index is 1.54. The van der Waals surface area contributed by atoms with E-state index in [1.54, 1.807) is 17.5 Å². The van der Waals surface area contributed by atoms with Crippen LogP contribution in [0.1, 0.15) is 39.4 Å². The number of amides is 1. The minimum absolute atomic E-state index is 0.0359. The molecule has 0 saturated heterocycles. The minimum Gasteiger partial charge on any atom is -0.493 e. The molecule has 9 heteroatoms. The standard InChI is InChI=1S/C28H28N2O6S/c1-28(2)19-9-6-7-10-21(19)30(3)25(28)13-17(31)16-36-27(33)18-14-22(34-4)23(35-5)15-20(18)29-26(32)24-11-8-12-37-24/h6-15H,16H2,1-5H3,(H,29,32). The predicted molar refractivity (Wildman–Crippen MR) is 143 cm³/mol. The van der Waals surface area contributed by atoms with Crippen LogP contribution in [0.3, 0.4) is 0 Å². The molecule has 0 fully saturated rings. The number of likely N-dealkylation sites (N-methyl/N-ethyl adjacent to an activating group) is 1. The SMILES string of the molecule is COc1cc(NC(=O)c2cccs2)c(C(=O)OCC(=O)C=C2N(C)c3ccccc3C2(C)C)cc1OC. The van der Waals surface area contributed by atoms with E-state index in [0.29, 0.717) is 10.6 Å². The Hall–Kier alpha value is -4.11. The Morgan fingerprint density at radius 1 is 1.03 bits per heavy atom. The van der Waals surface area contributed by atoms with Gasteiger partial charge in [0.2, 0.25) is 0 Å². The number of fused-ring (bicyclic) bond motifs is 1. The van der Waals surface area contributed by atoms with E-state index < -0.39 is 12.6 Å². The summed E-state index contributed by atoms with van der Waals surface area (Å²) in [5, 5.41) is 4.50. The van der Waals surface area contributed by atoms with Gasteiger partial charge in [-0.2, -0.15) is 0 Å². The van der Waals surface area contributed by atoms with Gasteiger partial charge in [-0.15, -0.1) is 11.3 Å². The smallest absolute Gasteiger partial charge is 0.340 e. The monoisotopic (exact) mass is 520 g/mol. The second-order valence-corrected chi connectivity index (χ2v) is 9.91. The van der Waals surface area contributed by atoms with Crippen molar-refractivity contribution in [2.75, 3.05) is 38.1 Å². The number of rotatable bonds is 8. The summed E-state index contributed by atoms with van der Waals surface area (Å²) in [5.41, 5.74) is 2.79. The summed E-state index contributed by atoms with van der Waals surface area (Å²) in [5.74, 6) is -0.920. The molecule has 0 aliphatic carbocycles. The molecule has 192 valence electrons. The lowest BCUT2D eigenvalue weighted by molar-refractivity contribution is -0.117. The molecule has 0 spiro atoms. The van der Waals surface area contributed by atoms with Crippen molar-refractivity contribution in [3.05, 3.63) is 81.7 Å². The molecule has 8 nitrogen and oxygen atoms in total. The zero-order chi connectivity index (χ0) is 26.7. The van der Waals surface area contributed by atoms with E-state index >= 15 is 0 Å². The number of carbonyl (C=O) groups excluding carboxylic acids is 3. The fourth-order valence-corrected chi connectivity index (χ4v) is 5.03. The topological polar surface area (TPSA) is 94.2 Å². The van der Waals surface area contributed by atoms with Gasteiger partial charge in [-0.25, -0.2) is 4.79 Å². The Bertz CT molecular complexity index is 1380. The normalized spacial score (nSPS) is 14.7. The quantitative estimate of drug-likeness (QED) is 0.328. The van der Waals surface area contributed by atoms with Crippen molar-refractivity contribution in [2.24, 2.45) is 0 Å². The molecule has 1 amide bonds. The summed E-state index contributed by atoms with van der Waals surface area (Å²) in [6, 6.07) is 14.3. The number of ketones is 1. The second kappa shape index (κ2) is 10.5. The van der Waals surface area contributed by atoms with Gasteiger partial charge in [-0.3, -0.25) is 9.59 Å². The van der Waals surface area contributed by atoms with Gasteiger partial charge in [0.25, 0.3) is 5.91 Å². The van der Waals surface area contributed by atoms with Gasteiger partial charge < -0.3 is 24.4 Å². The van der Waals surface area contributed by atoms with E-state index in [0.717, 1.165) is 16.9 Å². The van der Waals surface area contributed by atoms with Gasteiger partial charge in [0, 0.05) is 42.1 Å². The van der Waals surface area contributed by atoms with Crippen molar-refractivity contribution in [2.45, 2.75) is 19.3 Å². The highest BCUT2D eigenvalue weighted by atomic mass is 32.1. The van der Waals surface area contributed by atoms with Crippen LogP contribution < -0.4 is 19.7 Å². The first kappa shape index (κ1) is 26.0. The Labute approximate surface area is 219 Å². The fraction of sp³-hybridized carbons (Fsp3) is 0.250. The lowest BCUT2D eigenvalue weighted by Crippen LogP contribution is -2.25. The van der Waals surface area contributed by atoms with Crippen molar-refractivity contribution in [3.63, 3.8) is 0 Å². The van der Waals surface area contributed by atoms with Crippen molar-refractivity contribution in [1.29, 1.82) is 0 Å². The molecule has 0 saturated carbocycles. The van der Waals surface area contributed by atoms with E-state index in [4.69, 9.17) is 14.2 Å². The first-order chi connectivity index (χ1) is 17.7. The number of hydrogen-bond donors (Lipinski definition) is 1. The van der Waals surface area contributed by atoms with Crippen molar-refractivity contribution < 1.29 is 28.6 Å². The summed E-state index contributed by atoms with van der Waals surface area (Å²) >= 11 is 1.27. The number of allylic oxidation sites excluding steroid dienone is 1. The first-order valence-electron chi connectivity index (χ1n) is 11.5. The predicted octanol–water partition coefficient (Wildman–Crippen LogP) is 5.06. The number of nitrogens with zero attached hydrogens (tertiary/aromatic N) is 1. The molecule has 0 radical (unpaired) electrons. The summed E-state index contributed by atoms with van der Waals surface area (Å²) in [4.78, 5) is 41.0. The van der Waals surface area contributed by atoms with Crippen LogP contribution in [0, 0.1) is 0 Å². The van der Waals surface area contributed by atoms with Crippen molar-refractivity contribution >= 4 is 40.4 Å². The van der Waals surface area contributed by atoms with Crippen LogP contribution in [0.5, 0.6) is 11.5 Å². The summed E-state index contributed by atoms with van der Waals surface area (Å²) in [6.07, 6.45) is 1.52. The number of methoxy groups -OCH3 is 2. The summed E-state index contributed by atoms with van der Waals surface area (Å²) in [7, 11) is 4.79. The molecular formula is C28H28N2O6S. The average Bonchev–Trinajstić information content (AvgIpc) is 3.50. The molecule has 0 unspecified atom stereocenters. The lowest BCUT2D eigenvalue weighted by Gasteiger charge is -2.23. The maximum atomic E-state index is 13.1. The van der Waals surface area contributed by atoms with Gasteiger partial charge in [0.15, 0.2) is 23.9 Å². The van der Waals surface area contributed by atoms with Crippen LogP contribution in [0.15, 0.2) is 65.7 Å². The van der Waals surface area contributed by atoms with E-state index in [1.807, 2.05) is 50.1 Å². The number of thiophene rings is 1. The lowest BCUT2D eigenvalue weighted by atomic mass is 9.83. The van der Waals surface area contributed by atoms with Crippen molar-refractivity contribution in [3.8, 4) is 11.5 Å². The molecule has 3 aromatic rings. The van der Waals surface area contributed by atoms with Gasteiger partial charge in [0.1, 0.15) is 0 Å². The third-order valence-electron chi connectivity index (χ3n) is 6.32. The number of carbonyl (C=O) groups is 3. The van der Waals surface area contributed by atoms with E-state index in [1.165, 1.54) is 43.8 Å². The van der Waals surface area contributed by atoms with E-state index in [2.05, 4.69) is 5.32 Å². The minimum atomic E-state index is -0.781. The highest BCUT2D eigenvalue weighted by molar-refractivity contribution is 7.12. The van der Waals surface area contributed by atoms with E-state index in [9.17, 15) is 14.4 Å².